The molecule has 0 aliphatic rings. The van der Waals surface area contributed by atoms with Gasteiger partial charge in [0.05, 0.1) is 29.6 Å². The number of furan rings is 1. The molecule has 0 fully saturated rings. The van der Waals surface area contributed by atoms with Crippen molar-refractivity contribution in [1.29, 1.82) is 0 Å². The van der Waals surface area contributed by atoms with Crippen molar-refractivity contribution in [3.63, 3.8) is 0 Å². The van der Waals surface area contributed by atoms with E-state index in [2.05, 4.69) is 10.1 Å². The average molecular weight is 483 g/mol. The van der Waals surface area contributed by atoms with Gasteiger partial charge in [0.2, 0.25) is 5.82 Å². The molecule has 5 aromatic rings. The first-order chi connectivity index (χ1) is 17.5. The van der Waals surface area contributed by atoms with E-state index in [-0.39, 0.29) is 5.82 Å². The van der Waals surface area contributed by atoms with E-state index in [1.54, 1.807) is 67.8 Å². The lowest BCUT2D eigenvalue weighted by molar-refractivity contribution is -0.144. The van der Waals surface area contributed by atoms with E-state index >= 15 is 0 Å². The van der Waals surface area contributed by atoms with Gasteiger partial charge >= 0.3 is 5.97 Å². The van der Waals surface area contributed by atoms with Gasteiger partial charge in [0.25, 0.3) is 5.56 Å². The Kier molecular flexibility index (Phi) is 5.95. The van der Waals surface area contributed by atoms with Gasteiger partial charge in [0, 0.05) is 5.56 Å². The Morgan fingerprint density at radius 1 is 1.06 bits per heavy atom. The zero-order chi connectivity index (χ0) is 25.2. The molecule has 0 amide bonds. The van der Waals surface area contributed by atoms with Crippen LogP contribution < -0.4 is 15.0 Å². The number of carboxylic acids is 1. The van der Waals surface area contributed by atoms with Gasteiger partial charge in [0.1, 0.15) is 17.1 Å². The number of methoxy groups -OCH3 is 1. The highest BCUT2D eigenvalue weighted by molar-refractivity contribution is 5.89. The molecule has 0 aliphatic carbocycles. The topological polar surface area (TPSA) is 116 Å². The predicted molar refractivity (Wildman–Crippen MR) is 135 cm³/mol. The van der Waals surface area contributed by atoms with Crippen molar-refractivity contribution >= 4 is 34.1 Å². The second-order valence-corrected chi connectivity index (χ2v) is 7.93. The molecule has 1 N–H and O–H groups in total. The number of ether oxygens (including phenoxy) is 2. The van der Waals surface area contributed by atoms with Crippen LogP contribution in [-0.2, 0) is 4.79 Å². The standard InChI is InChI=1S/C27H21N3O6/c1-16(27(32)33)35-21-11-6-3-8-17(21)15-28-30-25(29-20-10-5-4-9-18(20)26(30)31)24-14-19-22(34-2)12-7-13-23(19)36-24/h3-16H,1-2H3,(H,32,33)/t16-/m0/s1. The van der Waals surface area contributed by atoms with Gasteiger partial charge in [-0.15, -0.1) is 0 Å². The molecule has 0 bridgehead atoms. The molecule has 9 nitrogen and oxygen atoms in total. The highest BCUT2D eigenvalue weighted by Gasteiger charge is 2.18. The van der Waals surface area contributed by atoms with Gasteiger partial charge in [0.15, 0.2) is 11.9 Å². The summed E-state index contributed by atoms with van der Waals surface area (Å²) in [6.07, 6.45) is 0.361. The molecule has 0 spiro atoms. The summed E-state index contributed by atoms with van der Waals surface area (Å²) in [5, 5.41) is 14.7. The second kappa shape index (κ2) is 9.38. The van der Waals surface area contributed by atoms with Gasteiger partial charge in [-0.25, -0.2) is 9.78 Å². The average Bonchev–Trinajstić information content (AvgIpc) is 3.33. The number of carboxylic acid groups (broad SMARTS) is 1. The molecule has 0 saturated carbocycles. The lowest BCUT2D eigenvalue weighted by Gasteiger charge is -2.12. The molecular weight excluding hydrogens is 462 g/mol. The Balaban J connectivity index is 1.67. The molecule has 0 unspecified atom stereocenters. The predicted octanol–water partition coefficient (Wildman–Crippen LogP) is 4.55. The van der Waals surface area contributed by atoms with Crippen LogP contribution in [0.4, 0.5) is 0 Å². The van der Waals surface area contributed by atoms with Crippen LogP contribution in [0.3, 0.4) is 0 Å². The van der Waals surface area contributed by atoms with Crippen molar-refractivity contribution in [2.45, 2.75) is 13.0 Å². The third-order valence-electron chi connectivity index (χ3n) is 5.60. The van der Waals surface area contributed by atoms with Crippen molar-refractivity contribution in [3.8, 4) is 23.1 Å². The number of aliphatic carboxylic acids is 1. The van der Waals surface area contributed by atoms with Crippen LogP contribution in [0.15, 0.2) is 87.1 Å². The molecule has 2 aromatic heterocycles. The Morgan fingerprint density at radius 2 is 1.81 bits per heavy atom. The van der Waals surface area contributed by atoms with E-state index < -0.39 is 17.6 Å². The first kappa shape index (κ1) is 22.9. The Labute approximate surface area is 204 Å². The molecule has 180 valence electrons. The lowest BCUT2D eigenvalue weighted by Crippen LogP contribution is -2.23. The van der Waals surface area contributed by atoms with Crippen molar-refractivity contribution in [3.05, 3.63) is 88.7 Å². The third-order valence-corrected chi connectivity index (χ3v) is 5.60. The number of carbonyl (C=O) groups is 1. The fourth-order valence-corrected chi connectivity index (χ4v) is 3.77. The minimum absolute atomic E-state index is 0.200. The number of para-hydroxylation sites is 2. The normalized spacial score (nSPS) is 12.3. The molecule has 1 atom stereocenters. The van der Waals surface area contributed by atoms with Crippen molar-refractivity contribution in [2.75, 3.05) is 7.11 Å². The summed E-state index contributed by atoms with van der Waals surface area (Å²) >= 11 is 0. The van der Waals surface area contributed by atoms with E-state index in [0.29, 0.717) is 39.3 Å². The molecule has 0 saturated heterocycles. The zero-order valence-electron chi connectivity index (χ0n) is 19.4. The van der Waals surface area contributed by atoms with Crippen LogP contribution in [0.1, 0.15) is 12.5 Å². The van der Waals surface area contributed by atoms with Crippen molar-refractivity contribution in [1.82, 2.24) is 9.66 Å². The van der Waals surface area contributed by atoms with Gasteiger partial charge < -0.3 is 19.0 Å². The number of hydrogen-bond acceptors (Lipinski definition) is 7. The van der Waals surface area contributed by atoms with Crippen LogP contribution in [-0.4, -0.2) is 40.2 Å². The van der Waals surface area contributed by atoms with E-state index in [0.717, 1.165) is 10.1 Å². The van der Waals surface area contributed by atoms with Crippen LogP contribution in [0, 0.1) is 0 Å². The van der Waals surface area contributed by atoms with Crippen molar-refractivity contribution in [2.24, 2.45) is 5.10 Å². The largest absolute Gasteiger partial charge is 0.496 e. The van der Waals surface area contributed by atoms with Gasteiger partial charge in [-0.3, -0.25) is 4.79 Å². The van der Waals surface area contributed by atoms with Crippen LogP contribution in [0.5, 0.6) is 11.5 Å². The first-order valence-electron chi connectivity index (χ1n) is 11.1. The number of rotatable bonds is 7. The number of benzene rings is 3. The number of hydrogen-bond donors (Lipinski definition) is 1. The van der Waals surface area contributed by atoms with E-state index in [1.165, 1.54) is 13.1 Å². The highest BCUT2D eigenvalue weighted by atomic mass is 16.5. The summed E-state index contributed by atoms with van der Waals surface area (Å²) in [7, 11) is 1.57. The summed E-state index contributed by atoms with van der Waals surface area (Å²) in [6.45, 7) is 1.43. The second-order valence-electron chi connectivity index (χ2n) is 7.93. The van der Waals surface area contributed by atoms with Crippen LogP contribution >= 0.6 is 0 Å². The summed E-state index contributed by atoms with van der Waals surface area (Å²) in [6, 6.07) is 21.0. The maximum atomic E-state index is 13.5. The maximum absolute atomic E-state index is 13.5. The quantitative estimate of drug-likeness (QED) is 0.338. The van der Waals surface area contributed by atoms with Crippen LogP contribution in [0.2, 0.25) is 0 Å². The highest BCUT2D eigenvalue weighted by Crippen LogP contribution is 2.33. The first-order valence-corrected chi connectivity index (χ1v) is 11.1. The lowest BCUT2D eigenvalue weighted by atomic mass is 10.2. The van der Waals surface area contributed by atoms with Gasteiger partial charge in [-0.1, -0.05) is 30.3 Å². The summed E-state index contributed by atoms with van der Waals surface area (Å²) in [5.74, 6) is 0.371. The molecule has 9 heteroatoms. The SMILES string of the molecule is COc1cccc2oc(-c3nc4ccccc4c(=O)n3N=Cc3ccccc3O[C@@H](C)C(=O)O)cc12. The van der Waals surface area contributed by atoms with Crippen molar-refractivity contribution < 1.29 is 23.8 Å². The van der Waals surface area contributed by atoms with E-state index in [4.69, 9.17) is 13.9 Å². The third kappa shape index (κ3) is 4.18. The molecular formula is C27H21N3O6. The van der Waals surface area contributed by atoms with Gasteiger partial charge in [-0.2, -0.15) is 9.78 Å². The Morgan fingerprint density at radius 3 is 2.61 bits per heavy atom. The molecule has 0 radical (unpaired) electrons. The number of nitrogens with zero attached hydrogens (tertiary/aromatic N) is 3. The zero-order valence-corrected chi connectivity index (χ0v) is 19.4. The summed E-state index contributed by atoms with van der Waals surface area (Å²) < 4.78 is 18.2. The smallest absolute Gasteiger partial charge is 0.344 e. The van der Waals surface area contributed by atoms with E-state index in [1.807, 2.05) is 12.1 Å². The molecule has 2 heterocycles. The molecule has 5 rings (SSSR count). The fourth-order valence-electron chi connectivity index (χ4n) is 3.77. The number of aromatic nitrogens is 2. The Hall–Kier alpha value is -4.92. The molecule has 36 heavy (non-hydrogen) atoms. The fraction of sp³-hybridized carbons (Fsp3) is 0.111. The maximum Gasteiger partial charge on any atom is 0.344 e. The summed E-state index contributed by atoms with van der Waals surface area (Å²) in [4.78, 5) is 29.4. The minimum atomic E-state index is -1.10. The molecule has 0 aliphatic heterocycles. The monoisotopic (exact) mass is 483 g/mol. The molecule has 3 aromatic carbocycles. The van der Waals surface area contributed by atoms with Crippen LogP contribution in [0.25, 0.3) is 33.5 Å². The summed E-state index contributed by atoms with van der Waals surface area (Å²) in [5.41, 5.74) is 1.17. The van der Waals surface area contributed by atoms with Gasteiger partial charge in [-0.05, 0) is 49.4 Å². The van der Waals surface area contributed by atoms with E-state index in [9.17, 15) is 14.7 Å². The minimum Gasteiger partial charge on any atom is -0.496 e. The number of fused-ring (bicyclic) bond motifs is 2. The Bertz CT molecular complexity index is 1680.